The van der Waals surface area contributed by atoms with Crippen LogP contribution in [-0.4, -0.2) is 10.5 Å². The van der Waals surface area contributed by atoms with E-state index in [-0.39, 0.29) is 5.91 Å². The van der Waals surface area contributed by atoms with Crippen LogP contribution in [0.3, 0.4) is 0 Å². The zero-order chi connectivity index (χ0) is 15.4. The summed E-state index contributed by atoms with van der Waals surface area (Å²) in [5, 5.41) is 0. The summed E-state index contributed by atoms with van der Waals surface area (Å²) in [5.74, 6) is -0.212. The summed E-state index contributed by atoms with van der Waals surface area (Å²) in [6.45, 7) is 10.3. The molecule has 0 saturated heterocycles. The van der Waals surface area contributed by atoms with Crippen molar-refractivity contribution in [3.63, 3.8) is 0 Å². The number of aromatic nitrogens is 1. The number of hydrogen-bond acceptors (Lipinski definition) is 1. The number of nitrogens with zero attached hydrogens (tertiary/aromatic N) is 2. The van der Waals surface area contributed by atoms with Crippen LogP contribution in [-0.2, 0) is 6.54 Å². The Kier molecular flexibility index (Phi) is 4.53. The summed E-state index contributed by atoms with van der Waals surface area (Å²) in [5.41, 5.74) is 4.39. The van der Waals surface area contributed by atoms with Crippen LogP contribution in [0.15, 0.2) is 54.0 Å². The Labute approximate surface area is 125 Å². The number of hydrogen-bond donors (Lipinski definition) is 0. The highest BCUT2D eigenvalue weighted by Gasteiger charge is 2.07. The Hall–Kier alpha value is -2.42. The van der Waals surface area contributed by atoms with Crippen LogP contribution < -0.4 is 5.49 Å². The maximum atomic E-state index is 12.4. The van der Waals surface area contributed by atoms with Crippen molar-refractivity contribution in [1.29, 1.82) is 0 Å². The molecular weight excluding hydrogens is 260 g/mol. The largest absolute Gasteiger partial charge is 0.326 e. The highest BCUT2D eigenvalue weighted by atomic mass is 16.1. The number of aryl methyl sites for hydroxylation is 3. The van der Waals surface area contributed by atoms with Crippen LogP contribution in [0, 0.1) is 20.8 Å². The molecule has 0 saturated carbocycles. The van der Waals surface area contributed by atoms with Gasteiger partial charge in [0.1, 0.15) is 5.49 Å². The van der Waals surface area contributed by atoms with Crippen molar-refractivity contribution in [3.05, 3.63) is 76.9 Å². The third-order valence-electron chi connectivity index (χ3n) is 3.40. The van der Waals surface area contributed by atoms with E-state index in [2.05, 4.69) is 17.6 Å². The predicted octanol–water partition coefficient (Wildman–Crippen LogP) is 3.34. The van der Waals surface area contributed by atoms with Crippen molar-refractivity contribution in [3.8, 4) is 0 Å². The molecular formula is C18H20N2O. The van der Waals surface area contributed by atoms with E-state index < -0.39 is 0 Å². The van der Waals surface area contributed by atoms with Gasteiger partial charge in [-0.05, 0) is 50.1 Å². The van der Waals surface area contributed by atoms with Gasteiger partial charge in [0.25, 0.3) is 5.91 Å². The number of carbonyl (C=O) groups excluding carboxylic acids is 1. The summed E-state index contributed by atoms with van der Waals surface area (Å²) < 4.78 is 1.98. The quantitative estimate of drug-likeness (QED) is 0.794. The van der Waals surface area contributed by atoms with Gasteiger partial charge in [-0.1, -0.05) is 24.3 Å². The van der Waals surface area contributed by atoms with Gasteiger partial charge >= 0.3 is 0 Å². The van der Waals surface area contributed by atoms with Gasteiger partial charge in [-0.2, -0.15) is 4.99 Å². The molecule has 0 unspecified atom stereocenters. The molecule has 0 radical (unpaired) electrons. The minimum absolute atomic E-state index is 0.212. The average molecular weight is 280 g/mol. The van der Waals surface area contributed by atoms with E-state index in [4.69, 9.17) is 0 Å². The molecule has 0 atom stereocenters. The van der Waals surface area contributed by atoms with Crippen LogP contribution in [0.1, 0.15) is 27.2 Å². The Morgan fingerprint density at radius 3 is 2.62 bits per heavy atom. The van der Waals surface area contributed by atoms with E-state index in [1.165, 1.54) is 0 Å². The minimum Gasteiger partial charge on any atom is -0.326 e. The number of benzene rings is 1. The van der Waals surface area contributed by atoms with Gasteiger partial charge in [-0.15, -0.1) is 6.58 Å². The van der Waals surface area contributed by atoms with Gasteiger partial charge in [-0.25, -0.2) is 0 Å². The molecule has 0 fully saturated rings. The molecule has 0 N–H and O–H groups in total. The van der Waals surface area contributed by atoms with Gasteiger partial charge < -0.3 is 4.57 Å². The van der Waals surface area contributed by atoms with E-state index in [0.717, 1.165) is 16.8 Å². The van der Waals surface area contributed by atoms with Crippen molar-refractivity contribution >= 4 is 5.91 Å². The number of pyridine rings is 1. The molecule has 0 aliphatic carbocycles. The Bertz CT molecular complexity index is 754. The van der Waals surface area contributed by atoms with Gasteiger partial charge in [0, 0.05) is 17.8 Å². The molecule has 1 aromatic heterocycles. The molecule has 1 aromatic carbocycles. The molecule has 0 aliphatic heterocycles. The Balaban J connectivity index is 2.57. The van der Waals surface area contributed by atoms with Crippen LogP contribution in [0.25, 0.3) is 0 Å². The van der Waals surface area contributed by atoms with Gasteiger partial charge in [0.15, 0.2) is 0 Å². The summed E-state index contributed by atoms with van der Waals surface area (Å²) in [4.78, 5) is 16.7. The number of carbonyl (C=O) groups is 1. The minimum atomic E-state index is -0.212. The fourth-order valence-electron chi connectivity index (χ4n) is 2.35. The van der Waals surface area contributed by atoms with E-state index in [1.54, 1.807) is 6.08 Å². The molecule has 0 bridgehead atoms. The second-order valence-electron chi connectivity index (χ2n) is 5.16. The summed E-state index contributed by atoms with van der Waals surface area (Å²) >= 11 is 0. The molecule has 2 rings (SSSR count). The predicted molar refractivity (Wildman–Crippen MR) is 85.2 cm³/mol. The van der Waals surface area contributed by atoms with Crippen molar-refractivity contribution in [1.82, 2.24) is 4.57 Å². The highest BCUT2D eigenvalue weighted by molar-refractivity contribution is 5.96. The molecule has 21 heavy (non-hydrogen) atoms. The maximum absolute atomic E-state index is 12.4. The first-order valence-electron chi connectivity index (χ1n) is 6.96. The third-order valence-corrected chi connectivity index (χ3v) is 3.40. The Morgan fingerprint density at radius 1 is 1.24 bits per heavy atom. The lowest BCUT2D eigenvalue weighted by Gasteiger charge is -2.10. The summed E-state index contributed by atoms with van der Waals surface area (Å²) in [7, 11) is 0. The smallest absolute Gasteiger partial charge is 0.279 e. The number of allylic oxidation sites excluding steroid dienone is 1. The molecule has 3 nitrogen and oxygen atoms in total. The maximum Gasteiger partial charge on any atom is 0.279 e. The first-order chi connectivity index (χ1) is 10.0. The molecule has 2 aromatic rings. The van der Waals surface area contributed by atoms with Crippen molar-refractivity contribution in [2.45, 2.75) is 27.3 Å². The Morgan fingerprint density at radius 2 is 1.95 bits per heavy atom. The van der Waals surface area contributed by atoms with Crippen LogP contribution in [0.5, 0.6) is 0 Å². The van der Waals surface area contributed by atoms with Gasteiger partial charge in [0.05, 0.1) is 0 Å². The second kappa shape index (κ2) is 6.35. The molecule has 3 heteroatoms. The van der Waals surface area contributed by atoms with E-state index in [9.17, 15) is 4.79 Å². The molecule has 1 heterocycles. The standard InChI is InChI=1S/C18H20N2O/c1-5-10-20-15(4)11-13(2)12-17(20)19-18(21)16-9-7-6-8-14(16)3/h5-9,11-12H,1,10H2,2-4H3. The molecule has 0 aliphatic rings. The first-order valence-corrected chi connectivity index (χ1v) is 6.96. The number of amides is 1. The fourth-order valence-corrected chi connectivity index (χ4v) is 2.35. The lowest BCUT2D eigenvalue weighted by atomic mass is 10.1. The molecule has 108 valence electrons. The SMILES string of the molecule is C=CCn1c(C)cc(C)cc1=NC(=O)c1ccccc1C. The van der Waals surface area contributed by atoms with Crippen LogP contribution >= 0.6 is 0 Å². The van der Waals surface area contributed by atoms with Crippen LogP contribution in [0.4, 0.5) is 0 Å². The zero-order valence-electron chi connectivity index (χ0n) is 12.8. The lowest BCUT2D eigenvalue weighted by Crippen LogP contribution is -2.24. The zero-order valence-corrected chi connectivity index (χ0v) is 12.8. The van der Waals surface area contributed by atoms with Crippen LogP contribution in [0.2, 0.25) is 0 Å². The lowest BCUT2D eigenvalue weighted by molar-refractivity contribution is 0.0996. The third kappa shape index (κ3) is 3.37. The van der Waals surface area contributed by atoms with E-state index >= 15 is 0 Å². The van der Waals surface area contributed by atoms with E-state index in [1.807, 2.05) is 55.7 Å². The first kappa shape index (κ1) is 15.0. The summed E-state index contributed by atoms with van der Waals surface area (Å²) in [6, 6.07) is 11.5. The summed E-state index contributed by atoms with van der Waals surface area (Å²) in [6.07, 6.45) is 1.81. The fraction of sp³-hybridized carbons (Fsp3) is 0.222. The van der Waals surface area contributed by atoms with Crippen molar-refractivity contribution < 1.29 is 4.79 Å². The van der Waals surface area contributed by atoms with E-state index in [0.29, 0.717) is 17.6 Å². The topological polar surface area (TPSA) is 34.4 Å². The highest BCUT2D eigenvalue weighted by Crippen LogP contribution is 2.08. The monoisotopic (exact) mass is 280 g/mol. The second-order valence-corrected chi connectivity index (χ2v) is 5.16. The van der Waals surface area contributed by atoms with Gasteiger partial charge in [0.2, 0.25) is 0 Å². The number of rotatable bonds is 3. The molecule has 1 amide bonds. The van der Waals surface area contributed by atoms with Gasteiger partial charge in [-0.3, -0.25) is 4.79 Å². The average Bonchev–Trinajstić information content (AvgIpc) is 2.43. The normalized spacial score (nSPS) is 11.5. The van der Waals surface area contributed by atoms with Crippen molar-refractivity contribution in [2.24, 2.45) is 4.99 Å². The van der Waals surface area contributed by atoms with Crippen molar-refractivity contribution in [2.75, 3.05) is 0 Å². The molecule has 0 spiro atoms.